The summed E-state index contributed by atoms with van der Waals surface area (Å²) in [5, 5.41) is 3.85. The van der Waals surface area contributed by atoms with E-state index in [2.05, 4.69) is 11.7 Å². The maximum Gasteiger partial charge on any atom is 0.267 e. The van der Waals surface area contributed by atoms with E-state index in [0.29, 0.717) is 17.9 Å². The van der Waals surface area contributed by atoms with E-state index in [9.17, 15) is 4.79 Å². The van der Waals surface area contributed by atoms with Crippen molar-refractivity contribution in [3.63, 3.8) is 0 Å². The molecule has 70 valence electrons. The number of ether oxygens (including phenoxy) is 1. The molecule has 0 unspecified atom stereocenters. The Hall–Kier alpha value is -1.58. The second-order valence-electron chi connectivity index (χ2n) is 2.56. The van der Waals surface area contributed by atoms with Gasteiger partial charge in [-0.25, -0.2) is 4.68 Å². The first-order chi connectivity index (χ1) is 6.15. The first-order valence-electron chi connectivity index (χ1n) is 4.00. The van der Waals surface area contributed by atoms with Crippen LogP contribution in [0.3, 0.4) is 0 Å². The molecule has 0 aliphatic rings. The second kappa shape index (κ2) is 3.89. The average molecular weight is 180 g/mol. The largest absolute Gasteiger partial charge is 0.494 e. The van der Waals surface area contributed by atoms with Gasteiger partial charge >= 0.3 is 0 Å². The Kier molecular flexibility index (Phi) is 2.84. The van der Waals surface area contributed by atoms with E-state index < -0.39 is 0 Å². The van der Waals surface area contributed by atoms with Crippen molar-refractivity contribution >= 4 is 5.76 Å². The van der Waals surface area contributed by atoms with Gasteiger partial charge in [0.15, 0.2) is 0 Å². The van der Waals surface area contributed by atoms with E-state index in [1.807, 2.05) is 6.92 Å². The third-order valence-electron chi connectivity index (χ3n) is 1.61. The van der Waals surface area contributed by atoms with Gasteiger partial charge in [-0.3, -0.25) is 4.79 Å². The molecule has 1 aromatic heterocycles. The van der Waals surface area contributed by atoms with Crippen molar-refractivity contribution in [3.05, 3.63) is 34.8 Å². The molecule has 0 aliphatic heterocycles. The molecule has 1 rings (SSSR count). The van der Waals surface area contributed by atoms with Crippen LogP contribution in [0.5, 0.6) is 0 Å². The lowest BCUT2D eigenvalue weighted by molar-refractivity contribution is 0.299. The van der Waals surface area contributed by atoms with Crippen LogP contribution in [0.15, 0.2) is 23.6 Å². The van der Waals surface area contributed by atoms with E-state index in [-0.39, 0.29) is 5.56 Å². The Morgan fingerprint density at radius 2 is 2.46 bits per heavy atom. The summed E-state index contributed by atoms with van der Waals surface area (Å²) in [5.41, 5.74) is 0.461. The second-order valence-corrected chi connectivity index (χ2v) is 2.56. The monoisotopic (exact) mass is 180 g/mol. The molecule has 0 atom stereocenters. The number of nitrogens with zero attached hydrogens (tertiary/aromatic N) is 2. The highest BCUT2D eigenvalue weighted by Crippen LogP contribution is 2.08. The molecular formula is C9H12N2O2. The highest BCUT2D eigenvalue weighted by molar-refractivity contribution is 5.55. The lowest BCUT2D eigenvalue weighted by atomic mass is 10.3. The molecule has 0 N–H and O–H groups in total. The minimum absolute atomic E-state index is 0.168. The average Bonchev–Trinajstić information content (AvgIpc) is 2.10. The van der Waals surface area contributed by atoms with Gasteiger partial charge in [0, 0.05) is 18.7 Å². The molecule has 0 fully saturated rings. The van der Waals surface area contributed by atoms with Gasteiger partial charge in [-0.1, -0.05) is 6.58 Å². The molecule has 0 radical (unpaired) electrons. The normalized spacial score (nSPS) is 9.69. The zero-order chi connectivity index (χ0) is 9.84. The SMILES string of the molecule is C=C(OCC)c1cnn(C)c(=O)c1. The van der Waals surface area contributed by atoms with Gasteiger partial charge in [0.1, 0.15) is 5.76 Å². The first-order valence-corrected chi connectivity index (χ1v) is 4.00. The van der Waals surface area contributed by atoms with Crippen LogP contribution in [0.1, 0.15) is 12.5 Å². The molecule has 13 heavy (non-hydrogen) atoms. The maximum absolute atomic E-state index is 11.2. The molecule has 1 heterocycles. The molecule has 1 aromatic rings. The summed E-state index contributed by atoms with van der Waals surface area (Å²) in [5.74, 6) is 0.479. The molecule has 0 aromatic carbocycles. The van der Waals surface area contributed by atoms with E-state index in [4.69, 9.17) is 4.74 Å². The van der Waals surface area contributed by atoms with Crippen molar-refractivity contribution in [2.75, 3.05) is 6.61 Å². The lowest BCUT2D eigenvalue weighted by Gasteiger charge is -2.05. The van der Waals surface area contributed by atoms with Crippen LogP contribution in [-0.4, -0.2) is 16.4 Å². The van der Waals surface area contributed by atoms with Crippen LogP contribution in [0.25, 0.3) is 5.76 Å². The molecule has 4 heteroatoms. The van der Waals surface area contributed by atoms with Crippen LogP contribution in [0, 0.1) is 0 Å². The van der Waals surface area contributed by atoms with Crippen molar-refractivity contribution in [2.24, 2.45) is 7.05 Å². The van der Waals surface area contributed by atoms with Crippen LogP contribution in [0.4, 0.5) is 0 Å². The zero-order valence-electron chi connectivity index (χ0n) is 7.78. The molecule has 0 saturated heterocycles. The van der Waals surface area contributed by atoms with Crippen molar-refractivity contribution in [3.8, 4) is 0 Å². The summed E-state index contributed by atoms with van der Waals surface area (Å²) < 4.78 is 6.39. The third kappa shape index (κ3) is 2.18. The van der Waals surface area contributed by atoms with Gasteiger partial charge in [0.05, 0.1) is 12.8 Å². The lowest BCUT2D eigenvalue weighted by Crippen LogP contribution is -2.18. The van der Waals surface area contributed by atoms with E-state index in [1.54, 1.807) is 13.2 Å². The van der Waals surface area contributed by atoms with Gasteiger partial charge in [-0.05, 0) is 6.92 Å². The number of aromatic nitrogens is 2. The predicted octanol–water partition coefficient (Wildman–Crippen LogP) is 0.787. The van der Waals surface area contributed by atoms with Gasteiger partial charge in [-0.2, -0.15) is 5.10 Å². The quantitative estimate of drug-likeness (QED) is 0.646. The molecule has 0 bridgehead atoms. The smallest absolute Gasteiger partial charge is 0.267 e. The molecule has 0 aliphatic carbocycles. The van der Waals surface area contributed by atoms with Gasteiger partial charge < -0.3 is 4.74 Å². The fraction of sp³-hybridized carbons (Fsp3) is 0.333. The minimum Gasteiger partial charge on any atom is -0.494 e. The molecule has 0 saturated carbocycles. The Bertz CT molecular complexity index is 368. The fourth-order valence-corrected chi connectivity index (χ4v) is 0.879. The summed E-state index contributed by atoms with van der Waals surface area (Å²) in [6, 6.07) is 1.45. The summed E-state index contributed by atoms with van der Waals surface area (Å²) >= 11 is 0. The molecular weight excluding hydrogens is 168 g/mol. The summed E-state index contributed by atoms with van der Waals surface area (Å²) in [4.78, 5) is 11.2. The van der Waals surface area contributed by atoms with Crippen LogP contribution < -0.4 is 5.56 Å². The highest BCUT2D eigenvalue weighted by atomic mass is 16.5. The highest BCUT2D eigenvalue weighted by Gasteiger charge is 2.01. The van der Waals surface area contributed by atoms with Crippen molar-refractivity contribution < 1.29 is 4.74 Å². The Labute approximate surface area is 76.5 Å². The zero-order valence-corrected chi connectivity index (χ0v) is 7.78. The number of hydrogen-bond donors (Lipinski definition) is 0. The molecule has 0 amide bonds. The van der Waals surface area contributed by atoms with E-state index in [1.165, 1.54) is 10.7 Å². The topological polar surface area (TPSA) is 44.1 Å². The van der Waals surface area contributed by atoms with Crippen molar-refractivity contribution in [1.29, 1.82) is 0 Å². The van der Waals surface area contributed by atoms with Crippen molar-refractivity contribution in [2.45, 2.75) is 6.92 Å². The number of aryl methyl sites for hydroxylation is 1. The van der Waals surface area contributed by atoms with Gasteiger partial charge in [0.2, 0.25) is 0 Å². The molecule has 0 spiro atoms. The number of rotatable bonds is 3. The maximum atomic E-state index is 11.2. The standard InChI is InChI=1S/C9H12N2O2/c1-4-13-7(2)8-5-9(12)11(3)10-6-8/h5-6H,2,4H2,1,3H3. The van der Waals surface area contributed by atoms with Gasteiger partial charge in [0.25, 0.3) is 5.56 Å². The fourth-order valence-electron chi connectivity index (χ4n) is 0.879. The van der Waals surface area contributed by atoms with Crippen molar-refractivity contribution in [1.82, 2.24) is 9.78 Å². The van der Waals surface area contributed by atoms with E-state index >= 15 is 0 Å². The van der Waals surface area contributed by atoms with Gasteiger partial charge in [-0.15, -0.1) is 0 Å². The molecule has 4 nitrogen and oxygen atoms in total. The van der Waals surface area contributed by atoms with Crippen LogP contribution >= 0.6 is 0 Å². The summed E-state index contributed by atoms with van der Waals surface area (Å²) in [6.45, 7) is 6.07. The number of hydrogen-bond acceptors (Lipinski definition) is 3. The predicted molar refractivity (Wildman–Crippen MR) is 50.1 cm³/mol. The summed E-state index contributed by atoms with van der Waals surface area (Å²) in [6.07, 6.45) is 1.55. The summed E-state index contributed by atoms with van der Waals surface area (Å²) in [7, 11) is 1.59. The Morgan fingerprint density at radius 3 is 3.00 bits per heavy atom. The van der Waals surface area contributed by atoms with Crippen LogP contribution in [0.2, 0.25) is 0 Å². The van der Waals surface area contributed by atoms with Crippen LogP contribution in [-0.2, 0) is 11.8 Å². The first kappa shape index (κ1) is 9.51. The minimum atomic E-state index is -0.168. The van der Waals surface area contributed by atoms with E-state index in [0.717, 1.165) is 0 Å². The third-order valence-corrected chi connectivity index (χ3v) is 1.61. The Balaban J connectivity index is 2.97. The Morgan fingerprint density at radius 1 is 1.77 bits per heavy atom.